The molecule has 0 spiro atoms. The molecule has 1 saturated carbocycles. The number of carbonyl (C=O) groups excluding carboxylic acids is 1. The zero-order valence-corrected chi connectivity index (χ0v) is 13.3. The van der Waals surface area contributed by atoms with E-state index in [1.807, 2.05) is 11.4 Å². The second-order valence-electron chi connectivity index (χ2n) is 6.29. The number of fused-ring (bicyclic) bond motifs is 1. The van der Waals surface area contributed by atoms with E-state index in [1.165, 1.54) is 43.4 Å². The monoisotopic (exact) mass is 316 g/mol. The fourth-order valence-electron chi connectivity index (χ4n) is 3.95. The number of hydrogen-bond donors (Lipinski definition) is 0. The maximum atomic E-state index is 12.9. The summed E-state index contributed by atoms with van der Waals surface area (Å²) >= 11 is 1.53. The van der Waals surface area contributed by atoms with E-state index in [0.717, 1.165) is 29.3 Å². The molecule has 5 heteroatoms. The van der Waals surface area contributed by atoms with Crippen molar-refractivity contribution >= 4 is 17.2 Å². The van der Waals surface area contributed by atoms with Crippen LogP contribution in [-0.4, -0.2) is 28.4 Å². The summed E-state index contributed by atoms with van der Waals surface area (Å²) in [6, 6.07) is 2.38. The Labute approximate surface area is 134 Å². The Morgan fingerprint density at radius 3 is 3.00 bits per heavy atom. The average molecular weight is 316 g/mol. The summed E-state index contributed by atoms with van der Waals surface area (Å²) in [6.07, 6.45) is 10.7. The number of amides is 1. The molecular formula is C17H20N2O2S. The number of piperidine rings is 1. The molecule has 2 aliphatic rings. The van der Waals surface area contributed by atoms with Crippen LogP contribution < -0.4 is 0 Å². The molecule has 2 fully saturated rings. The van der Waals surface area contributed by atoms with Gasteiger partial charge in [-0.1, -0.05) is 12.8 Å². The molecule has 0 radical (unpaired) electrons. The number of oxazole rings is 1. The summed E-state index contributed by atoms with van der Waals surface area (Å²) in [5, 5.41) is 1.94. The van der Waals surface area contributed by atoms with Crippen LogP contribution >= 0.6 is 11.3 Å². The molecule has 2 aromatic heterocycles. The van der Waals surface area contributed by atoms with E-state index < -0.39 is 0 Å². The van der Waals surface area contributed by atoms with Gasteiger partial charge in [0.15, 0.2) is 0 Å². The van der Waals surface area contributed by atoms with Crippen molar-refractivity contribution in [1.29, 1.82) is 0 Å². The SMILES string of the molecule is O=C(c1csc(-c2ncco2)c1)N1CCCC2CCCCC21. The fourth-order valence-corrected chi connectivity index (χ4v) is 4.77. The molecule has 0 N–H and O–H groups in total. The lowest BCUT2D eigenvalue weighted by Gasteiger charge is -2.44. The highest BCUT2D eigenvalue weighted by molar-refractivity contribution is 7.13. The van der Waals surface area contributed by atoms with Gasteiger partial charge < -0.3 is 9.32 Å². The van der Waals surface area contributed by atoms with E-state index in [0.29, 0.717) is 11.9 Å². The number of carbonyl (C=O) groups is 1. The highest BCUT2D eigenvalue weighted by Gasteiger charge is 2.36. The van der Waals surface area contributed by atoms with Crippen LogP contribution in [0.1, 0.15) is 48.9 Å². The number of likely N-dealkylation sites (tertiary alicyclic amines) is 1. The molecule has 1 amide bonds. The molecule has 4 rings (SSSR count). The van der Waals surface area contributed by atoms with Gasteiger partial charge in [-0.15, -0.1) is 11.3 Å². The van der Waals surface area contributed by atoms with E-state index >= 15 is 0 Å². The topological polar surface area (TPSA) is 46.3 Å². The van der Waals surface area contributed by atoms with Crippen molar-refractivity contribution in [2.24, 2.45) is 5.92 Å². The zero-order valence-electron chi connectivity index (χ0n) is 12.5. The lowest BCUT2D eigenvalue weighted by atomic mass is 9.78. The summed E-state index contributed by atoms with van der Waals surface area (Å²) in [6.45, 7) is 0.907. The first-order valence-electron chi connectivity index (χ1n) is 8.12. The van der Waals surface area contributed by atoms with Crippen LogP contribution in [-0.2, 0) is 0 Å². The minimum absolute atomic E-state index is 0.186. The van der Waals surface area contributed by atoms with Gasteiger partial charge in [0.1, 0.15) is 6.26 Å². The Morgan fingerprint density at radius 1 is 1.27 bits per heavy atom. The summed E-state index contributed by atoms with van der Waals surface area (Å²) in [4.78, 5) is 20.1. The van der Waals surface area contributed by atoms with Crippen LogP contribution in [0.2, 0.25) is 0 Å². The Kier molecular flexibility index (Phi) is 3.74. The van der Waals surface area contributed by atoms with Gasteiger partial charge in [-0.05, 0) is 37.7 Å². The van der Waals surface area contributed by atoms with E-state index in [4.69, 9.17) is 4.42 Å². The first-order valence-corrected chi connectivity index (χ1v) is 9.00. The largest absolute Gasteiger partial charge is 0.444 e. The van der Waals surface area contributed by atoms with E-state index in [9.17, 15) is 4.79 Å². The van der Waals surface area contributed by atoms with Gasteiger partial charge in [0.2, 0.25) is 5.89 Å². The van der Waals surface area contributed by atoms with Crippen molar-refractivity contribution in [3.63, 3.8) is 0 Å². The quantitative estimate of drug-likeness (QED) is 0.834. The predicted molar refractivity (Wildman–Crippen MR) is 85.8 cm³/mol. The van der Waals surface area contributed by atoms with Gasteiger partial charge in [0.25, 0.3) is 5.91 Å². The lowest BCUT2D eigenvalue weighted by Crippen LogP contribution is -2.49. The second kappa shape index (κ2) is 5.88. The van der Waals surface area contributed by atoms with Crippen LogP contribution in [0.5, 0.6) is 0 Å². The molecule has 0 aromatic carbocycles. The molecule has 3 heterocycles. The fraction of sp³-hybridized carbons (Fsp3) is 0.529. The zero-order chi connectivity index (χ0) is 14.9. The van der Waals surface area contributed by atoms with Crippen molar-refractivity contribution in [2.45, 2.75) is 44.6 Å². The molecule has 1 aliphatic heterocycles. The van der Waals surface area contributed by atoms with E-state index in [2.05, 4.69) is 9.88 Å². The van der Waals surface area contributed by atoms with Gasteiger partial charge in [-0.2, -0.15) is 0 Å². The highest BCUT2D eigenvalue weighted by atomic mass is 32.1. The maximum Gasteiger partial charge on any atom is 0.254 e. The van der Waals surface area contributed by atoms with Crippen LogP contribution in [0.3, 0.4) is 0 Å². The predicted octanol–water partition coefficient (Wildman–Crippen LogP) is 4.20. The molecule has 2 aromatic rings. The Morgan fingerprint density at radius 2 is 2.14 bits per heavy atom. The number of nitrogens with zero attached hydrogens (tertiary/aromatic N) is 2. The molecule has 0 bridgehead atoms. The number of aromatic nitrogens is 1. The van der Waals surface area contributed by atoms with E-state index in [-0.39, 0.29) is 5.91 Å². The average Bonchev–Trinajstić information content (AvgIpc) is 3.24. The number of thiophene rings is 1. The Bertz CT molecular complexity index is 647. The first kappa shape index (κ1) is 14.0. The number of hydrogen-bond acceptors (Lipinski definition) is 4. The molecule has 1 aliphatic carbocycles. The molecule has 2 unspecified atom stereocenters. The van der Waals surface area contributed by atoms with Gasteiger partial charge in [-0.25, -0.2) is 4.98 Å². The third-order valence-corrected chi connectivity index (χ3v) is 5.91. The first-order chi connectivity index (χ1) is 10.8. The smallest absolute Gasteiger partial charge is 0.254 e. The van der Waals surface area contributed by atoms with Crippen LogP contribution in [0.25, 0.3) is 10.8 Å². The summed E-state index contributed by atoms with van der Waals surface area (Å²) in [7, 11) is 0. The van der Waals surface area contributed by atoms with E-state index in [1.54, 1.807) is 12.5 Å². The summed E-state index contributed by atoms with van der Waals surface area (Å²) < 4.78 is 5.32. The molecule has 116 valence electrons. The Balaban J connectivity index is 1.56. The third-order valence-electron chi connectivity index (χ3n) is 4.99. The molecule has 1 saturated heterocycles. The number of rotatable bonds is 2. The van der Waals surface area contributed by atoms with Gasteiger partial charge in [0.05, 0.1) is 16.6 Å². The summed E-state index contributed by atoms with van der Waals surface area (Å²) in [5.41, 5.74) is 0.782. The van der Waals surface area contributed by atoms with Gasteiger partial charge >= 0.3 is 0 Å². The van der Waals surface area contributed by atoms with Crippen LogP contribution in [0.4, 0.5) is 0 Å². The van der Waals surface area contributed by atoms with Crippen molar-refractivity contribution in [3.05, 3.63) is 29.5 Å². The van der Waals surface area contributed by atoms with Crippen LogP contribution in [0.15, 0.2) is 28.3 Å². The molecule has 2 atom stereocenters. The van der Waals surface area contributed by atoms with Crippen molar-refractivity contribution in [2.75, 3.05) is 6.54 Å². The minimum atomic E-state index is 0.186. The molecule has 4 nitrogen and oxygen atoms in total. The third kappa shape index (κ3) is 2.47. The molecule has 22 heavy (non-hydrogen) atoms. The molecular weight excluding hydrogens is 296 g/mol. The lowest BCUT2D eigenvalue weighted by molar-refractivity contribution is 0.0391. The normalized spacial score (nSPS) is 25.0. The highest BCUT2D eigenvalue weighted by Crippen LogP contribution is 2.36. The van der Waals surface area contributed by atoms with Crippen molar-refractivity contribution in [3.8, 4) is 10.8 Å². The van der Waals surface area contributed by atoms with Gasteiger partial charge in [-0.3, -0.25) is 4.79 Å². The standard InChI is InChI=1S/C17H20N2O2S/c20-17(13-10-15(22-11-13)16-18-7-9-21-16)19-8-3-5-12-4-1-2-6-14(12)19/h7,9-12,14H,1-6,8H2. The Hall–Kier alpha value is -1.62. The second-order valence-corrected chi connectivity index (χ2v) is 7.20. The summed E-state index contributed by atoms with van der Waals surface area (Å²) in [5.74, 6) is 1.50. The van der Waals surface area contributed by atoms with Crippen molar-refractivity contribution < 1.29 is 9.21 Å². The maximum absolute atomic E-state index is 12.9. The van der Waals surface area contributed by atoms with Crippen molar-refractivity contribution in [1.82, 2.24) is 9.88 Å². The minimum Gasteiger partial charge on any atom is -0.444 e. The van der Waals surface area contributed by atoms with Gasteiger partial charge in [0, 0.05) is 18.0 Å². The van der Waals surface area contributed by atoms with Crippen LogP contribution in [0, 0.1) is 5.92 Å².